The highest BCUT2D eigenvalue weighted by atomic mass is 16.5. The maximum atomic E-state index is 12.9. The number of amides is 1. The predicted molar refractivity (Wildman–Crippen MR) is 139 cm³/mol. The Balaban J connectivity index is 1.54. The van der Waals surface area contributed by atoms with Crippen LogP contribution in [0.15, 0.2) is 78.9 Å². The normalized spacial score (nSPS) is 11.1. The number of likely N-dealkylation sites (N-methyl/N-ethyl adjacent to an activating group) is 1. The van der Waals surface area contributed by atoms with Crippen LogP contribution in [-0.4, -0.2) is 56.3 Å². The van der Waals surface area contributed by atoms with Crippen LogP contribution in [-0.2, 0) is 11.2 Å². The molecule has 0 saturated heterocycles. The zero-order chi connectivity index (χ0) is 25.1. The number of hydrogen-bond acceptors (Lipinski definition) is 4. The Morgan fingerprint density at radius 2 is 1.49 bits per heavy atom. The summed E-state index contributed by atoms with van der Waals surface area (Å²) in [5.41, 5.74) is 2.68. The summed E-state index contributed by atoms with van der Waals surface area (Å²) in [6.45, 7) is 7.87. The molecule has 3 aromatic rings. The van der Waals surface area contributed by atoms with E-state index in [2.05, 4.69) is 26.2 Å². The van der Waals surface area contributed by atoms with E-state index in [4.69, 9.17) is 9.47 Å². The number of rotatable bonds is 12. The topological polar surface area (TPSA) is 64.6 Å². The van der Waals surface area contributed by atoms with Crippen LogP contribution in [0.5, 0.6) is 5.75 Å². The Kier molecular flexibility index (Phi) is 9.44. The van der Waals surface area contributed by atoms with Crippen molar-refractivity contribution in [2.24, 2.45) is 0 Å². The van der Waals surface area contributed by atoms with Gasteiger partial charge in [-0.05, 0) is 55.8 Å². The molecule has 0 atom stereocenters. The molecule has 6 nitrogen and oxygen atoms in total. The van der Waals surface area contributed by atoms with Crippen LogP contribution >= 0.6 is 0 Å². The van der Waals surface area contributed by atoms with Crippen LogP contribution in [0.25, 0.3) is 0 Å². The van der Waals surface area contributed by atoms with Crippen LogP contribution in [0.1, 0.15) is 40.1 Å². The third-order valence-electron chi connectivity index (χ3n) is 6.39. The molecule has 1 amide bonds. The van der Waals surface area contributed by atoms with E-state index in [0.29, 0.717) is 35.8 Å². The van der Waals surface area contributed by atoms with Gasteiger partial charge in [0.1, 0.15) is 18.9 Å². The first-order valence-corrected chi connectivity index (χ1v) is 12.1. The van der Waals surface area contributed by atoms with Crippen LogP contribution in [0, 0.1) is 0 Å². The molecule has 0 saturated carbocycles. The lowest BCUT2D eigenvalue weighted by Crippen LogP contribution is -2.46. The number of quaternary nitrogens is 1. The van der Waals surface area contributed by atoms with Gasteiger partial charge in [-0.3, -0.25) is 4.79 Å². The van der Waals surface area contributed by atoms with Crippen molar-refractivity contribution < 1.29 is 23.5 Å². The van der Waals surface area contributed by atoms with Crippen LogP contribution in [0.4, 0.5) is 5.69 Å². The molecule has 0 unspecified atom stereocenters. The maximum Gasteiger partial charge on any atom is 0.338 e. The predicted octanol–water partition coefficient (Wildman–Crippen LogP) is 5.20. The molecule has 0 aliphatic heterocycles. The average molecular weight is 476 g/mol. The fourth-order valence-corrected chi connectivity index (χ4v) is 3.57. The zero-order valence-corrected chi connectivity index (χ0v) is 20.8. The third-order valence-corrected chi connectivity index (χ3v) is 6.39. The molecule has 0 aliphatic rings. The summed E-state index contributed by atoms with van der Waals surface area (Å²) in [5.74, 6) is -0.101. The number of ether oxygens (including phenoxy) is 2. The highest BCUT2D eigenvalue weighted by Gasteiger charge is 2.18. The highest BCUT2D eigenvalue weighted by Crippen LogP contribution is 2.20. The largest absolute Gasteiger partial charge is 0.492 e. The molecule has 0 radical (unpaired) electrons. The Morgan fingerprint density at radius 3 is 2.17 bits per heavy atom. The molecule has 0 fully saturated rings. The SMILES string of the molecule is CC[N+](C)(CC)CCOC(=O)c1ccc(NC(=O)c2ccccc2OCCc2ccccc2)cc1. The first-order chi connectivity index (χ1) is 16.9. The van der Waals surface area contributed by atoms with Crippen molar-refractivity contribution in [3.05, 3.63) is 95.6 Å². The minimum Gasteiger partial charge on any atom is -0.492 e. The van der Waals surface area contributed by atoms with Crippen molar-refractivity contribution >= 4 is 17.6 Å². The van der Waals surface area contributed by atoms with Gasteiger partial charge in [-0.1, -0.05) is 42.5 Å². The van der Waals surface area contributed by atoms with Crippen molar-refractivity contribution in [1.29, 1.82) is 0 Å². The number of nitrogens with zero attached hydrogens (tertiary/aromatic N) is 1. The van der Waals surface area contributed by atoms with Gasteiger partial charge in [0.25, 0.3) is 5.91 Å². The second-order valence-electron chi connectivity index (χ2n) is 8.72. The molecule has 3 rings (SSSR count). The highest BCUT2D eigenvalue weighted by molar-refractivity contribution is 6.06. The summed E-state index contributed by atoms with van der Waals surface area (Å²) in [5, 5.41) is 2.88. The monoisotopic (exact) mass is 475 g/mol. The van der Waals surface area contributed by atoms with Crippen LogP contribution < -0.4 is 10.1 Å². The van der Waals surface area contributed by atoms with E-state index in [1.165, 1.54) is 5.56 Å². The van der Waals surface area contributed by atoms with Gasteiger partial charge in [-0.15, -0.1) is 0 Å². The number of carbonyl (C=O) groups excluding carboxylic acids is 2. The Morgan fingerprint density at radius 1 is 0.829 bits per heavy atom. The number of hydrogen-bond donors (Lipinski definition) is 1. The van der Waals surface area contributed by atoms with E-state index in [0.717, 1.165) is 30.5 Å². The number of nitrogens with one attached hydrogen (secondary N) is 1. The lowest BCUT2D eigenvalue weighted by atomic mass is 10.1. The summed E-state index contributed by atoms with van der Waals surface area (Å²) >= 11 is 0. The Bertz CT molecular complexity index is 1090. The lowest BCUT2D eigenvalue weighted by molar-refractivity contribution is -0.906. The van der Waals surface area contributed by atoms with Gasteiger partial charge in [-0.2, -0.15) is 0 Å². The molecule has 3 aromatic carbocycles. The van der Waals surface area contributed by atoms with E-state index in [-0.39, 0.29) is 11.9 Å². The fourth-order valence-electron chi connectivity index (χ4n) is 3.57. The minimum atomic E-state index is -0.362. The fraction of sp³-hybridized carbons (Fsp3) is 0.310. The van der Waals surface area contributed by atoms with Crippen molar-refractivity contribution in [3.8, 4) is 5.75 Å². The molecule has 1 N–H and O–H groups in total. The quantitative estimate of drug-likeness (QED) is 0.289. The molecule has 0 spiro atoms. The number of para-hydroxylation sites is 1. The van der Waals surface area contributed by atoms with Crippen molar-refractivity contribution in [3.63, 3.8) is 0 Å². The molecule has 0 bridgehead atoms. The summed E-state index contributed by atoms with van der Waals surface area (Å²) in [4.78, 5) is 25.3. The van der Waals surface area contributed by atoms with E-state index in [1.54, 1.807) is 42.5 Å². The van der Waals surface area contributed by atoms with E-state index >= 15 is 0 Å². The smallest absolute Gasteiger partial charge is 0.338 e. The summed E-state index contributed by atoms with van der Waals surface area (Å²) in [6.07, 6.45) is 0.753. The van der Waals surface area contributed by atoms with Gasteiger partial charge in [0.15, 0.2) is 0 Å². The molecule has 184 valence electrons. The number of benzene rings is 3. The van der Waals surface area contributed by atoms with Crippen LogP contribution in [0.2, 0.25) is 0 Å². The molecule has 35 heavy (non-hydrogen) atoms. The van der Waals surface area contributed by atoms with E-state index in [1.807, 2.05) is 36.4 Å². The second-order valence-corrected chi connectivity index (χ2v) is 8.72. The van der Waals surface area contributed by atoms with E-state index in [9.17, 15) is 9.59 Å². The molecule has 6 heteroatoms. The van der Waals surface area contributed by atoms with Crippen molar-refractivity contribution in [1.82, 2.24) is 0 Å². The molecule has 0 aromatic heterocycles. The van der Waals surface area contributed by atoms with Gasteiger partial charge in [0, 0.05) is 12.1 Å². The lowest BCUT2D eigenvalue weighted by Gasteiger charge is -2.31. The molecule has 0 aliphatic carbocycles. The zero-order valence-electron chi connectivity index (χ0n) is 20.8. The van der Waals surface area contributed by atoms with Gasteiger partial charge in [0.05, 0.1) is 37.9 Å². The molecular weight excluding hydrogens is 440 g/mol. The molecular formula is C29H35N2O4+. The first kappa shape index (κ1) is 26.0. The van der Waals surface area contributed by atoms with Crippen LogP contribution in [0.3, 0.4) is 0 Å². The summed E-state index contributed by atoms with van der Waals surface area (Å²) in [6, 6.07) is 24.0. The average Bonchev–Trinajstić information content (AvgIpc) is 2.89. The number of anilines is 1. The standard InChI is InChI=1S/C29H34N2O4/c1-4-31(3,5-2)20-22-35-29(33)24-15-17-25(18-16-24)30-28(32)26-13-9-10-14-27(26)34-21-19-23-11-7-6-8-12-23/h6-18H,4-5,19-22H2,1-3H3/p+1. The van der Waals surface area contributed by atoms with Crippen molar-refractivity contribution in [2.75, 3.05) is 45.2 Å². The number of carbonyl (C=O) groups is 2. The summed E-state index contributed by atoms with van der Waals surface area (Å²) < 4.78 is 12.2. The summed E-state index contributed by atoms with van der Waals surface area (Å²) in [7, 11) is 2.15. The van der Waals surface area contributed by atoms with Gasteiger partial charge < -0.3 is 19.3 Å². The minimum absolute atomic E-state index is 0.271. The van der Waals surface area contributed by atoms with E-state index < -0.39 is 0 Å². The first-order valence-electron chi connectivity index (χ1n) is 12.1. The maximum absolute atomic E-state index is 12.9. The Labute approximate surface area is 208 Å². The second kappa shape index (κ2) is 12.7. The van der Waals surface area contributed by atoms with Gasteiger partial charge >= 0.3 is 5.97 Å². The molecule has 0 heterocycles. The number of esters is 1. The Hall–Kier alpha value is -3.64. The van der Waals surface area contributed by atoms with Gasteiger partial charge in [-0.25, -0.2) is 4.79 Å². The van der Waals surface area contributed by atoms with Crippen molar-refractivity contribution in [2.45, 2.75) is 20.3 Å². The van der Waals surface area contributed by atoms with Gasteiger partial charge in [0.2, 0.25) is 0 Å². The third kappa shape index (κ3) is 7.69.